The van der Waals surface area contributed by atoms with Gasteiger partial charge in [-0.25, -0.2) is 4.79 Å². The standard InChI is InChI=1S/C18H17NO3/c1-2-21-16-13-19(18(20)22-16)17(14-9-5-3-6-10-14)15-11-7-4-8-12-15/h3-13,17H,2H2,1H3. The van der Waals surface area contributed by atoms with E-state index in [1.165, 1.54) is 0 Å². The van der Waals surface area contributed by atoms with Crippen molar-refractivity contribution in [3.63, 3.8) is 0 Å². The molecule has 4 nitrogen and oxygen atoms in total. The first-order chi connectivity index (χ1) is 10.8. The van der Waals surface area contributed by atoms with Crippen LogP contribution in [0.25, 0.3) is 0 Å². The molecule has 1 aromatic heterocycles. The van der Waals surface area contributed by atoms with Gasteiger partial charge in [0.25, 0.3) is 0 Å². The Morgan fingerprint density at radius 1 is 1.00 bits per heavy atom. The van der Waals surface area contributed by atoms with Crippen molar-refractivity contribution in [2.45, 2.75) is 13.0 Å². The third-order valence-corrected chi connectivity index (χ3v) is 3.44. The van der Waals surface area contributed by atoms with Crippen LogP contribution in [-0.4, -0.2) is 11.2 Å². The van der Waals surface area contributed by atoms with Crippen LogP contribution in [0.3, 0.4) is 0 Å². The fraction of sp³-hybridized carbons (Fsp3) is 0.167. The first-order valence-electron chi connectivity index (χ1n) is 7.24. The smallest absolute Gasteiger partial charge is 0.422 e. The molecule has 0 saturated carbocycles. The van der Waals surface area contributed by atoms with Gasteiger partial charge >= 0.3 is 11.7 Å². The van der Waals surface area contributed by atoms with Gasteiger partial charge in [0, 0.05) is 0 Å². The van der Waals surface area contributed by atoms with E-state index in [-0.39, 0.29) is 12.0 Å². The molecule has 3 rings (SSSR count). The van der Waals surface area contributed by atoms with Gasteiger partial charge in [-0.15, -0.1) is 0 Å². The van der Waals surface area contributed by atoms with Crippen LogP contribution in [0.5, 0.6) is 5.95 Å². The second-order valence-electron chi connectivity index (χ2n) is 4.88. The molecule has 4 heteroatoms. The van der Waals surface area contributed by atoms with E-state index in [0.29, 0.717) is 6.61 Å². The largest absolute Gasteiger partial charge is 0.464 e. The summed E-state index contributed by atoms with van der Waals surface area (Å²) < 4.78 is 12.0. The summed E-state index contributed by atoms with van der Waals surface area (Å²) >= 11 is 0. The van der Waals surface area contributed by atoms with Crippen molar-refractivity contribution in [3.05, 3.63) is 88.5 Å². The maximum absolute atomic E-state index is 12.2. The molecule has 0 aliphatic heterocycles. The van der Waals surface area contributed by atoms with Gasteiger partial charge in [0.2, 0.25) is 0 Å². The average Bonchev–Trinajstić information content (AvgIpc) is 2.91. The Morgan fingerprint density at radius 3 is 2.05 bits per heavy atom. The Kier molecular flexibility index (Phi) is 4.10. The lowest BCUT2D eigenvalue weighted by molar-refractivity contribution is 0.249. The quantitative estimate of drug-likeness (QED) is 0.724. The van der Waals surface area contributed by atoms with Crippen LogP contribution >= 0.6 is 0 Å². The van der Waals surface area contributed by atoms with Crippen molar-refractivity contribution in [2.75, 3.05) is 6.61 Å². The van der Waals surface area contributed by atoms with E-state index in [2.05, 4.69) is 0 Å². The number of rotatable bonds is 5. The lowest BCUT2D eigenvalue weighted by Gasteiger charge is -2.18. The van der Waals surface area contributed by atoms with E-state index in [4.69, 9.17) is 9.15 Å². The van der Waals surface area contributed by atoms with E-state index in [1.54, 1.807) is 10.8 Å². The molecule has 0 amide bonds. The molecule has 0 aliphatic rings. The second kappa shape index (κ2) is 6.35. The minimum absolute atomic E-state index is 0.240. The number of hydrogen-bond acceptors (Lipinski definition) is 3. The summed E-state index contributed by atoms with van der Waals surface area (Å²) in [6, 6.07) is 19.5. The van der Waals surface area contributed by atoms with Crippen molar-refractivity contribution in [2.24, 2.45) is 0 Å². The van der Waals surface area contributed by atoms with Gasteiger partial charge in [-0.1, -0.05) is 60.7 Å². The van der Waals surface area contributed by atoms with E-state index in [0.717, 1.165) is 11.1 Å². The molecule has 0 saturated heterocycles. The van der Waals surface area contributed by atoms with E-state index >= 15 is 0 Å². The number of ether oxygens (including phenoxy) is 1. The lowest BCUT2D eigenvalue weighted by atomic mass is 9.99. The monoisotopic (exact) mass is 295 g/mol. The number of aromatic nitrogens is 1. The van der Waals surface area contributed by atoms with Crippen molar-refractivity contribution >= 4 is 0 Å². The highest BCUT2D eigenvalue weighted by Crippen LogP contribution is 2.26. The number of hydrogen-bond donors (Lipinski definition) is 0. The molecule has 0 fully saturated rings. The second-order valence-corrected chi connectivity index (χ2v) is 4.88. The van der Waals surface area contributed by atoms with Crippen molar-refractivity contribution in [1.82, 2.24) is 4.57 Å². The Hall–Kier alpha value is -2.75. The molecule has 0 aliphatic carbocycles. The Balaban J connectivity index is 2.12. The SMILES string of the molecule is CCOc1cn(C(c2ccccc2)c2ccccc2)c(=O)o1. The summed E-state index contributed by atoms with van der Waals surface area (Å²) in [5, 5.41) is 0. The summed E-state index contributed by atoms with van der Waals surface area (Å²) in [7, 11) is 0. The van der Waals surface area contributed by atoms with Crippen LogP contribution in [0.15, 0.2) is 76.1 Å². The molecule has 0 radical (unpaired) electrons. The van der Waals surface area contributed by atoms with Crippen LogP contribution in [0.4, 0.5) is 0 Å². The molecule has 2 aromatic carbocycles. The summed E-state index contributed by atoms with van der Waals surface area (Å²) in [5.41, 5.74) is 2.03. The number of benzene rings is 2. The molecule has 1 heterocycles. The van der Waals surface area contributed by atoms with Gasteiger partial charge in [-0.05, 0) is 18.1 Å². The molecular formula is C18H17NO3. The van der Waals surface area contributed by atoms with Crippen molar-refractivity contribution in [3.8, 4) is 5.95 Å². The minimum Gasteiger partial charge on any atom is -0.464 e. The molecule has 0 bridgehead atoms. The van der Waals surface area contributed by atoms with Gasteiger partial charge in [0.1, 0.15) is 0 Å². The molecule has 0 atom stereocenters. The van der Waals surface area contributed by atoms with E-state index in [1.807, 2.05) is 67.6 Å². The van der Waals surface area contributed by atoms with Crippen molar-refractivity contribution < 1.29 is 9.15 Å². The van der Waals surface area contributed by atoms with Crippen LogP contribution in [0, 0.1) is 0 Å². The van der Waals surface area contributed by atoms with Gasteiger partial charge in [-0.2, -0.15) is 0 Å². The maximum atomic E-state index is 12.2. The highest BCUT2D eigenvalue weighted by atomic mass is 16.6. The fourth-order valence-corrected chi connectivity index (χ4v) is 2.50. The lowest BCUT2D eigenvalue weighted by Crippen LogP contribution is -2.21. The normalized spacial score (nSPS) is 10.8. The van der Waals surface area contributed by atoms with Crippen LogP contribution in [0.2, 0.25) is 0 Å². The van der Waals surface area contributed by atoms with Crippen molar-refractivity contribution in [1.29, 1.82) is 0 Å². The Labute approximate surface area is 128 Å². The predicted molar refractivity (Wildman–Crippen MR) is 84.3 cm³/mol. The van der Waals surface area contributed by atoms with Gasteiger partial charge < -0.3 is 9.15 Å². The summed E-state index contributed by atoms with van der Waals surface area (Å²) in [5.74, 6) is -0.189. The fourth-order valence-electron chi connectivity index (χ4n) is 2.50. The summed E-state index contributed by atoms with van der Waals surface area (Å²) in [4.78, 5) is 12.2. The van der Waals surface area contributed by atoms with Gasteiger partial charge in [0.15, 0.2) is 0 Å². The van der Waals surface area contributed by atoms with Gasteiger partial charge in [0.05, 0.1) is 18.8 Å². The predicted octanol–water partition coefficient (Wildman–Crippen LogP) is 3.48. The molecule has 0 unspecified atom stereocenters. The Morgan fingerprint density at radius 2 is 1.55 bits per heavy atom. The first-order valence-corrected chi connectivity index (χ1v) is 7.24. The summed E-state index contributed by atoms with van der Waals surface area (Å²) in [6.45, 7) is 2.30. The van der Waals surface area contributed by atoms with Crippen LogP contribution in [0.1, 0.15) is 24.1 Å². The molecule has 22 heavy (non-hydrogen) atoms. The molecule has 0 spiro atoms. The first kappa shape index (κ1) is 14.2. The van der Waals surface area contributed by atoms with Crippen LogP contribution in [-0.2, 0) is 0 Å². The topological polar surface area (TPSA) is 44.4 Å². The third-order valence-electron chi connectivity index (χ3n) is 3.44. The minimum atomic E-state index is -0.429. The number of nitrogens with zero attached hydrogens (tertiary/aromatic N) is 1. The van der Waals surface area contributed by atoms with E-state index < -0.39 is 5.76 Å². The molecular weight excluding hydrogens is 278 g/mol. The zero-order chi connectivity index (χ0) is 15.4. The zero-order valence-corrected chi connectivity index (χ0v) is 12.3. The van der Waals surface area contributed by atoms with Gasteiger partial charge in [-0.3, -0.25) is 4.57 Å². The number of oxazole rings is 1. The Bertz CT molecular complexity index is 735. The third kappa shape index (κ3) is 2.81. The highest BCUT2D eigenvalue weighted by Gasteiger charge is 2.20. The van der Waals surface area contributed by atoms with Crippen LogP contribution < -0.4 is 10.5 Å². The molecule has 0 N–H and O–H groups in total. The average molecular weight is 295 g/mol. The van der Waals surface area contributed by atoms with E-state index in [9.17, 15) is 4.79 Å². The molecule has 112 valence electrons. The zero-order valence-electron chi connectivity index (χ0n) is 12.3. The maximum Gasteiger partial charge on any atom is 0.422 e. The molecule has 3 aromatic rings. The summed E-state index contributed by atoms with van der Waals surface area (Å²) in [6.07, 6.45) is 1.62. The highest BCUT2D eigenvalue weighted by molar-refractivity contribution is 5.33.